The molecular weight excluding hydrogens is 379 g/mol. The largest absolute Gasteiger partial charge is 0.490 e. The second-order valence-electron chi connectivity index (χ2n) is 6.85. The number of rotatable bonds is 6. The van der Waals surface area contributed by atoms with Gasteiger partial charge in [0.1, 0.15) is 11.5 Å². The maximum atomic E-state index is 10.6. The lowest BCUT2D eigenvalue weighted by Crippen LogP contribution is -2.50. The lowest BCUT2D eigenvalue weighted by atomic mass is 10.0. The molecule has 1 N–H and O–H groups in total. The third-order valence-electron chi connectivity index (χ3n) is 4.80. The van der Waals surface area contributed by atoms with Gasteiger partial charge in [0.2, 0.25) is 0 Å². The van der Waals surface area contributed by atoms with Gasteiger partial charge >= 0.3 is 12.1 Å². The molecule has 3 rings (SSSR count). The Bertz CT molecular complexity index is 646. The minimum absolute atomic E-state index is 0.305. The number of alkyl halides is 3. The SMILES string of the molecule is C=CCOCC1CCC2C1OCCN2Cc1ccc(C)o1.O=C(O)C(F)(F)F. The van der Waals surface area contributed by atoms with Crippen molar-refractivity contribution in [1.29, 1.82) is 0 Å². The summed E-state index contributed by atoms with van der Waals surface area (Å²) in [6.45, 7) is 9.77. The molecule has 1 saturated heterocycles. The monoisotopic (exact) mass is 405 g/mol. The summed E-state index contributed by atoms with van der Waals surface area (Å²) in [7, 11) is 0. The van der Waals surface area contributed by atoms with Crippen molar-refractivity contribution in [3.63, 3.8) is 0 Å². The number of carboxylic acids is 1. The van der Waals surface area contributed by atoms with Crippen molar-refractivity contribution in [1.82, 2.24) is 4.90 Å². The van der Waals surface area contributed by atoms with E-state index in [9.17, 15) is 13.2 Å². The van der Waals surface area contributed by atoms with Gasteiger partial charge in [0.05, 0.1) is 32.5 Å². The Kier molecular flexibility index (Phi) is 8.09. The molecule has 2 heterocycles. The van der Waals surface area contributed by atoms with E-state index in [1.807, 2.05) is 13.0 Å². The average molecular weight is 405 g/mol. The highest BCUT2D eigenvalue weighted by atomic mass is 19.4. The van der Waals surface area contributed by atoms with Gasteiger partial charge in [-0.3, -0.25) is 4.90 Å². The second kappa shape index (κ2) is 10.1. The van der Waals surface area contributed by atoms with Gasteiger partial charge in [-0.2, -0.15) is 13.2 Å². The summed E-state index contributed by atoms with van der Waals surface area (Å²) in [6.07, 6.45) is -0.605. The third-order valence-corrected chi connectivity index (χ3v) is 4.80. The molecule has 2 aliphatic rings. The Balaban J connectivity index is 0.000000345. The number of hydrogen-bond donors (Lipinski definition) is 1. The summed E-state index contributed by atoms with van der Waals surface area (Å²) < 4.78 is 49.1. The molecule has 158 valence electrons. The number of nitrogens with zero attached hydrogens (tertiary/aromatic N) is 1. The van der Waals surface area contributed by atoms with E-state index < -0.39 is 12.1 Å². The van der Waals surface area contributed by atoms with E-state index >= 15 is 0 Å². The number of halogens is 3. The molecule has 0 spiro atoms. The minimum atomic E-state index is -5.08. The molecule has 0 bridgehead atoms. The highest BCUT2D eigenvalue weighted by Gasteiger charge is 2.42. The van der Waals surface area contributed by atoms with E-state index in [0.717, 1.165) is 37.8 Å². The average Bonchev–Trinajstić information content (AvgIpc) is 3.22. The summed E-state index contributed by atoms with van der Waals surface area (Å²) >= 11 is 0. The Labute approximate surface area is 161 Å². The fourth-order valence-corrected chi connectivity index (χ4v) is 3.58. The van der Waals surface area contributed by atoms with Crippen LogP contribution in [0, 0.1) is 12.8 Å². The zero-order valence-electron chi connectivity index (χ0n) is 15.8. The van der Waals surface area contributed by atoms with Gasteiger partial charge in [0, 0.05) is 18.5 Å². The smallest absolute Gasteiger partial charge is 0.475 e. The lowest BCUT2D eigenvalue weighted by molar-refractivity contribution is -0.192. The molecule has 0 aromatic carbocycles. The van der Waals surface area contributed by atoms with Crippen molar-refractivity contribution in [3.05, 3.63) is 36.3 Å². The Hall–Kier alpha value is -1.84. The van der Waals surface area contributed by atoms with Crippen LogP contribution in [0.4, 0.5) is 13.2 Å². The standard InChI is InChI=1S/C17H25NO3.C2HF3O2/c1-3-9-19-12-14-5-7-16-17(14)20-10-8-18(16)11-15-6-4-13(2)21-15;3-2(4,5)1(6)7/h3-4,6,14,16-17H,1,5,7-12H2,2H3;(H,6,7). The molecule has 1 aliphatic heterocycles. The highest BCUT2D eigenvalue weighted by Crippen LogP contribution is 2.35. The molecule has 6 nitrogen and oxygen atoms in total. The maximum Gasteiger partial charge on any atom is 0.490 e. The number of ether oxygens (including phenoxy) is 2. The van der Waals surface area contributed by atoms with Gasteiger partial charge in [-0.05, 0) is 31.9 Å². The molecule has 0 amide bonds. The van der Waals surface area contributed by atoms with E-state index in [-0.39, 0.29) is 0 Å². The van der Waals surface area contributed by atoms with Crippen molar-refractivity contribution < 1.29 is 37.0 Å². The topological polar surface area (TPSA) is 72.1 Å². The Morgan fingerprint density at radius 3 is 2.71 bits per heavy atom. The van der Waals surface area contributed by atoms with Crippen LogP contribution in [0.5, 0.6) is 0 Å². The van der Waals surface area contributed by atoms with E-state index in [1.165, 1.54) is 12.8 Å². The molecule has 1 aromatic rings. The summed E-state index contributed by atoms with van der Waals surface area (Å²) in [5, 5.41) is 7.12. The van der Waals surface area contributed by atoms with Gasteiger partial charge in [0.25, 0.3) is 0 Å². The molecule has 1 aliphatic carbocycles. The van der Waals surface area contributed by atoms with Gasteiger partial charge in [-0.15, -0.1) is 6.58 Å². The molecular formula is C19H26F3NO5. The van der Waals surface area contributed by atoms with E-state index in [1.54, 1.807) is 6.08 Å². The molecule has 28 heavy (non-hydrogen) atoms. The van der Waals surface area contributed by atoms with Gasteiger partial charge in [-0.1, -0.05) is 6.08 Å². The van der Waals surface area contributed by atoms with Crippen molar-refractivity contribution in [2.24, 2.45) is 5.92 Å². The number of furan rings is 1. The first-order valence-electron chi connectivity index (χ1n) is 9.12. The Morgan fingerprint density at radius 2 is 2.14 bits per heavy atom. The zero-order chi connectivity index (χ0) is 20.7. The van der Waals surface area contributed by atoms with Crippen LogP contribution in [0.1, 0.15) is 24.4 Å². The van der Waals surface area contributed by atoms with Crippen LogP contribution in [-0.2, 0) is 20.8 Å². The number of morpholine rings is 1. The van der Waals surface area contributed by atoms with Crippen LogP contribution in [-0.4, -0.2) is 60.7 Å². The first-order chi connectivity index (χ1) is 13.2. The first-order valence-corrected chi connectivity index (χ1v) is 9.12. The first kappa shape index (κ1) is 22.4. The molecule has 9 heteroatoms. The quantitative estimate of drug-likeness (QED) is 0.578. The number of carboxylic acid groups (broad SMARTS) is 1. The summed E-state index contributed by atoms with van der Waals surface area (Å²) in [5.74, 6) is -0.208. The second-order valence-corrected chi connectivity index (χ2v) is 6.85. The molecule has 2 fully saturated rings. The van der Waals surface area contributed by atoms with Gasteiger partial charge in [0.15, 0.2) is 0 Å². The van der Waals surface area contributed by atoms with Crippen LogP contribution >= 0.6 is 0 Å². The number of fused-ring (bicyclic) bond motifs is 1. The van der Waals surface area contributed by atoms with E-state index in [4.69, 9.17) is 23.8 Å². The molecule has 3 unspecified atom stereocenters. The fourth-order valence-electron chi connectivity index (χ4n) is 3.58. The number of aliphatic carboxylic acids is 1. The summed E-state index contributed by atoms with van der Waals surface area (Å²) in [5.41, 5.74) is 0. The molecule has 1 aromatic heterocycles. The molecule has 1 saturated carbocycles. The number of carbonyl (C=O) groups is 1. The van der Waals surface area contributed by atoms with E-state index in [2.05, 4.69) is 17.5 Å². The van der Waals surface area contributed by atoms with Crippen LogP contribution < -0.4 is 0 Å². The number of hydrogen-bond acceptors (Lipinski definition) is 5. The van der Waals surface area contributed by atoms with Crippen LogP contribution in [0.2, 0.25) is 0 Å². The van der Waals surface area contributed by atoms with Crippen molar-refractivity contribution >= 4 is 5.97 Å². The molecule has 3 atom stereocenters. The zero-order valence-corrected chi connectivity index (χ0v) is 15.8. The van der Waals surface area contributed by atoms with Crippen LogP contribution in [0.25, 0.3) is 0 Å². The summed E-state index contributed by atoms with van der Waals surface area (Å²) in [4.78, 5) is 11.4. The van der Waals surface area contributed by atoms with Crippen LogP contribution in [0.3, 0.4) is 0 Å². The minimum Gasteiger partial charge on any atom is -0.475 e. The normalized spacial score (nSPS) is 24.9. The third kappa shape index (κ3) is 6.35. The van der Waals surface area contributed by atoms with Gasteiger partial charge < -0.3 is 19.0 Å². The fraction of sp³-hybridized carbons (Fsp3) is 0.632. The lowest BCUT2D eigenvalue weighted by Gasteiger charge is -2.38. The summed E-state index contributed by atoms with van der Waals surface area (Å²) in [6, 6.07) is 4.62. The van der Waals surface area contributed by atoms with E-state index in [0.29, 0.717) is 24.7 Å². The Morgan fingerprint density at radius 1 is 1.43 bits per heavy atom. The van der Waals surface area contributed by atoms with Crippen molar-refractivity contribution in [3.8, 4) is 0 Å². The predicted octanol–water partition coefficient (Wildman–Crippen LogP) is 3.40. The van der Waals surface area contributed by atoms with Crippen LogP contribution in [0.15, 0.2) is 29.2 Å². The number of aryl methyl sites for hydroxylation is 1. The highest BCUT2D eigenvalue weighted by molar-refractivity contribution is 5.73. The molecule has 0 radical (unpaired) electrons. The predicted molar refractivity (Wildman–Crippen MR) is 94.8 cm³/mol. The van der Waals surface area contributed by atoms with Crippen molar-refractivity contribution in [2.45, 2.75) is 44.6 Å². The van der Waals surface area contributed by atoms with Gasteiger partial charge in [-0.25, -0.2) is 4.79 Å². The van der Waals surface area contributed by atoms with Crippen molar-refractivity contribution in [2.75, 3.05) is 26.4 Å². The maximum absolute atomic E-state index is 10.6.